The van der Waals surface area contributed by atoms with Crippen LogP contribution in [0.25, 0.3) is 0 Å². The van der Waals surface area contributed by atoms with Gasteiger partial charge in [-0.2, -0.15) is 13.2 Å². The summed E-state index contributed by atoms with van der Waals surface area (Å²) in [5.41, 5.74) is -0.614. The lowest BCUT2D eigenvalue weighted by atomic mass is 10.1. The molecule has 24 heavy (non-hydrogen) atoms. The van der Waals surface area contributed by atoms with Gasteiger partial charge in [-0.15, -0.1) is 0 Å². The first-order valence-corrected chi connectivity index (χ1v) is 7.96. The van der Waals surface area contributed by atoms with Gasteiger partial charge in [0.2, 0.25) is 0 Å². The van der Waals surface area contributed by atoms with E-state index >= 15 is 0 Å². The van der Waals surface area contributed by atoms with Gasteiger partial charge in [0.05, 0.1) is 5.56 Å². The normalized spacial score (nSPS) is 19.1. The molecular weight excluding hydrogens is 321 g/mol. The summed E-state index contributed by atoms with van der Waals surface area (Å²) >= 11 is 0. The van der Waals surface area contributed by atoms with Crippen molar-refractivity contribution < 1.29 is 22.7 Å². The summed E-state index contributed by atoms with van der Waals surface area (Å²) in [6.45, 7) is 6.53. The minimum absolute atomic E-state index is 0.0111. The standard InChI is InChI=1S/C17H23F3N2O2/c1-16(2,3)24-15(23)22-10-4-5-14(11-22)21-13-8-6-12(7-9-13)17(18,19)20/h6-9,14,21H,4-5,10-11H2,1-3H3. The molecule has 1 atom stereocenters. The zero-order valence-corrected chi connectivity index (χ0v) is 14.1. The van der Waals surface area contributed by atoms with Crippen molar-refractivity contribution in [3.63, 3.8) is 0 Å². The number of piperidine rings is 1. The third-order valence-corrected chi connectivity index (χ3v) is 3.66. The molecule has 0 aromatic heterocycles. The monoisotopic (exact) mass is 344 g/mol. The minimum Gasteiger partial charge on any atom is -0.444 e. The molecule has 1 heterocycles. The predicted molar refractivity (Wildman–Crippen MR) is 85.9 cm³/mol. The molecule has 1 aliphatic heterocycles. The van der Waals surface area contributed by atoms with Crippen molar-refractivity contribution in [3.05, 3.63) is 29.8 Å². The molecule has 1 amide bonds. The second kappa shape index (κ2) is 6.91. The van der Waals surface area contributed by atoms with E-state index in [4.69, 9.17) is 4.74 Å². The van der Waals surface area contributed by atoms with E-state index in [2.05, 4.69) is 5.32 Å². The highest BCUT2D eigenvalue weighted by molar-refractivity contribution is 5.68. The molecule has 0 aliphatic carbocycles. The zero-order chi connectivity index (χ0) is 18.0. The topological polar surface area (TPSA) is 41.6 Å². The summed E-state index contributed by atoms with van der Waals surface area (Å²) < 4.78 is 43.1. The lowest BCUT2D eigenvalue weighted by Gasteiger charge is -2.34. The van der Waals surface area contributed by atoms with E-state index in [1.165, 1.54) is 12.1 Å². The van der Waals surface area contributed by atoms with Crippen LogP contribution in [0.5, 0.6) is 0 Å². The minimum atomic E-state index is -4.34. The number of halogens is 3. The number of nitrogens with zero attached hydrogens (tertiary/aromatic N) is 1. The first kappa shape index (κ1) is 18.4. The molecule has 1 unspecified atom stereocenters. The molecule has 0 spiro atoms. The molecule has 1 aromatic rings. The Hall–Kier alpha value is -1.92. The van der Waals surface area contributed by atoms with Crippen LogP contribution in [0.4, 0.5) is 23.7 Å². The van der Waals surface area contributed by atoms with E-state index in [0.717, 1.165) is 25.0 Å². The summed E-state index contributed by atoms with van der Waals surface area (Å²) in [5, 5.41) is 3.19. The lowest BCUT2D eigenvalue weighted by molar-refractivity contribution is -0.137. The number of nitrogens with one attached hydrogen (secondary N) is 1. The number of anilines is 1. The highest BCUT2D eigenvalue weighted by atomic mass is 19.4. The number of ether oxygens (including phenoxy) is 1. The predicted octanol–water partition coefficient (Wildman–Crippen LogP) is 4.52. The van der Waals surface area contributed by atoms with E-state index in [9.17, 15) is 18.0 Å². The molecule has 0 bridgehead atoms. The first-order valence-electron chi connectivity index (χ1n) is 7.96. The number of hydrogen-bond donors (Lipinski definition) is 1. The van der Waals surface area contributed by atoms with E-state index in [0.29, 0.717) is 18.8 Å². The Bertz CT molecular complexity index is 565. The van der Waals surface area contributed by atoms with Gasteiger partial charge in [-0.1, -0.05) is 0 Å². The van der Waals surface area contributed by atoms with Crippen LogP contribution in [0.3, 0.4) is 0 Å². The van der Waals surface area contributed by atoms with Crippen LogP contribution in [-0.2, 0) is 10.9 Å². The number of amides is 1. The molecule has 2 rings (SSSR count). The van der Waals surface area contributed by atoms with Gasteiger partial charge >= 0.3 is 12.3 Å². The van der Waals surface area contributed by atoms with E-state index in [1.54, 1.807) is 4.90 Å². The summed E-state index contributed by atoms with van der Waals surface area (Å²) in [5.74, 6) is 0. The third kappa shape index (κ3) is 5.32. The number of carbonyl (C=O) groups excluding carboxylic acids is 1. The molecule has 1 N–H and O–H groups in total. The van der Waals surface area contributed by atoms with Crippen molar-refractivity contribution in [3.8, 4) is 0 Å². The van der Waals surface area contributed by atoms with Gasteiger partial charge in [-0.3, -0.25) is 0 Å². The van der Waals surface area contributed by atoms with Crippen molar-refractivity contribution in [1.29, 1.82) is 0 Å². The molecule has 1 fully saturated rings. The molecule has 0 saturated carbocycles. The molecule has 1 saturated heterocycles. The fourth-order valence-electron chi connectivity index (χ4n) is 2.58. The summed E-state index contributed by atoms with van der Waals surface area (Å²) in [6.07, 6.45) is -3.03. The van der Waals surface area contributed by atoms with Gasteiger partial charge in [0.15, 0.2) is 0 Å². The third-order valence-electron chi connectivity index (χ3n) is 3.66. The number of rotatable bonds is 2. The van der Waals surface area contributed by atoms with Crippen molar-refractivity contribution in [2.24, 2.45) is 0 Å². The van der Waals surface area contributed by atoms with E-state index in [-0.39, 0.29) is 12.1 Å². The number of alkyl halides is 3. The first-order chi connectivity index (χ1) is 11.0. The highest BCUT2D eigenvalue weighted by Crippen LogP contribution is 2.30. The van der Waals surface area contributed by atoms with Crippen LogP contribution in [0.2, 0.25) is 0 Å². The Morgan fingerprint density at radius 3 is 2.38 bits per heavy atom. The van der Waals surface area contributed by atoms with Gasteiger partial charge in [0.1, 0.15) is 5.60 Å². The van der Waals surface area contributed by atoms with Gasteiger partial charge in [0, 0.05) is 24.8 Å². The maximum atomic E-state index is 12.6. The Kier molecular flexibility index (Phi) is 5.30. The molecular formula is C17H23F3N2O2. The molecule has 7 heteroatoms. The fourth-order valence-corrected chi connectivity index (χ4v) is 2.58. The van der Waals surface area contributed by atoms with Gasteiger partial charge < -0.3 is 15.0 Å². The average molecular weight is 344 g/mol. The second-order valence-corrected chi connectivity index (χ2v) is 6.98. The molecule has 134 valence electrons. The maximum Gasteiger partial charge on any atom is 0.416 e. The fraction of sp³-hybridized carbons (Fsp3) is 0.588. The summed E-state index contributed by atoms with van der Waals surface area (Å²) in [6, 6.07) is 4.92. The van der Waals surface area contributed by atoms with Crippen LogP contribution in [0.15, 0.2) is 24.3 Å². The van der Waals surface area contributed by atoms with Crippen LogP contribution < -0.4 is 5.32 Å². The number of benzene rings is 1. The number of carbonyl (C=O) groups is 1. The molecule has 1 aliphatic rings. The van der Waals surface area contributed by atoms with Gasteiger partial charge in [-0.05, 0) is 57.9 Å². The molecule has 0 radical (unpaired) electrons. The Morgan fingerprint density at radius 1 is 1.21 bits per heavy atom. The van der Waals surface area contributed by atoms with Crippen LogP contribution in [-0.4, -0.2) is 35.7 Å². The van der Waals surface area contributed by atoms with Crippen LogP contribution >= 0.6 is 0 Å². The Balaban J connectivity index is 1.94. The van der Waals surface area contributed by atoms with Gasteiger partial charge in [-0.25, -0.2) is 4.79 Å². The van der Waals surface area contributed by atoms with Crippen LogP contribution in [0, 0.1) is 0 Å². The van der Waals surface area contributed by atoms with Crippen molar-refractivity contribution in [2.45, 2.75) is 51.4 Å². The largest absolute Gasteiger partial charge is 0.444 e. The second-order valence-electron chi connectivity index (χ2n) is 6.98. The Labute approximate surface area is 140 Å². The zero-order valence-electron chi connectivity index (χ0n) is 14.1. The molecule has 1 aromatic carbocycles. The van der Waals surface area contributed by atoms with E-state index < -0.39 is 17.3 Å². The van der Waals surface area contributed by atoms with Crippen molar-refractivity contribution in [2.75, 3.05) is 18.4 Å². The number of likely N-dealkylation sites (tertiary alicyclic amines) is 1. The van der Waals surface area contributed by atoms with Crippen LogP contribution in [0.1, 0.15) is 39.2 Å². The number of hydrogen-bond acceptors (Lipinski definition) is 3. The SMILES string of the molecule is CC(C)(C)OC(=O)N1CCCC(Nc2ccc(C(F)(F)F)cc2)C1. The van der Waals surface area contributed by atoms with Crippen molar-refractivity contribution in [1.82, 2.24) is 4.90 Å². The highest BCUT2D eigenvalue weighted by Gasteiger charge is 2.30. The molecule has 4 nitrogen and oxygen atoms in total. The summed E-state index contributed by atoms with van der Waals surface area (Å²) in [4.78, 5) is 13.8. The summed E-state index contributed by atoms with van der Waals surface area (Å²) in [7, 11) is 0. The lowest BCUT2D eigenvalue weighted by Crippen LogP contribution is -2.46. The quantitative estimate of drug-likeness (QED) is 0.858. The average Bonchev–Trinajstić information content (AvgIpc) is 2.45. The van der Waals surface area contributed by atoms with Crippen molar-refractivity contribution >= 4 is 11.8 Å². The van der Waals surface area contributed by atoms with E-state index in [1.807, 2.05) is 20.8 Å². The smallest absolute Gasteiger partial charge is 0.416 e. The van der Waals surface area contributed by atoms with Gasteiger partial charge in [0.25, 0.3) is 0 Å². The Morgan fingerprint density at radius 2 is 1.83 bits per heavy atom. The maximum absolute atomic E-state index is 12.6.